The van der Waals surface area contributed by atoms with Crippen molar-refractivity contribution in [2.45, 2.75) is 39.0 Å². The van der Waals surface area contributed by atoms with Crippen LogP contribution in [-0.4, -0.2) is 0 Å². The maximum Gasteiger partial charge on any atom is -0.00160 e. The molecule has 0 heteroatoms. The van der Waals surface area contributed by atoms with Crippen LogP contribution in [0.3, 0.4) is 0 Å². The van der Waals surface area contributed by atoms with Gasteiger partial charge in [0, 0.05) is 0 Å². The highest BCUT2D eigenvalue weighted by Gasteiger charge is 1.98. The number of allylic oxidation sites excluding steroid dienone is 4. The first-order valence-corrected chi connectivity index (χ1v) is 4.79. The molecule has 0 fully saturated rings. The Bertz CT molecular complexity index is 232. The van der Waals surface area contributed by atoms with Crippen LogP contribution in [0.2, 0.25) is 0 Å². The van der Waals surface area contributed by atoms with E-state index in [1.165, 1.54) is 31.3 Å². The minimum absolute atomic E-state index is 1.08. The molecule has 0 amide bonds. The first kappa shape index (κ1) is 9.13. The second-order valence-electron chi connectivity index (χ2n) is 3.06. The van der Waals surface area contributed by atoms with E-state index >= 15 is 0 Å². The van der Waals surface area contributed by atoms with Crippen molar-refractivity contribution < 1.29 is 0 Å². The molecule has 0 spiro atoms. The van der Waals surface area contributed by atoms with Gasteiger partial charge < -0.3 is 0 Å². The molecule has 0 nitrogen and oxygen atoms in total. The Morgan fingerprint density at radius 1 is 1.50 bits per heavy atom. The van der Waals surface area contributed by atoms with Crippen molar-refractivity contribution in [1.29, 1.82) is 0 Å². The minimum Gasteiger partial charge on any atom is -0.0764 e. The highest BCUT2D eigenvalue weighted by molar-refractivity contribution is 5.33. The molecule has 0 unspecified atom stereocenters. The van der Waals surface area contributed by atoms with Gasteiger partial charge in [0.1, 0.15) is 0 Å². The minimum atomic E-state index is 1.08. The van der Waals surface area contributed by atoms with E-state index in [-0.39, 0.29) is 0 Å². The summed E-state index contributed by atoms with van der Waals surface area (Å²) in [5.74, 6) is 6.24. The molecule has 1 aliphatic rings. The second kappa shape index (κ2) is 5.66. The van der Waals surface area contributed by atoms with Crippen molar-refractivity contribution in [3.63, 3.8) is 0 Å². The van der Waals surface area contributed by atoms with Gasteiger partial charge in [0.25, 0.3) is 0 Å². The van der Waals surface area contributed by atoms with Crippen LogP contribution in [0, 0.1) is 11.8 Å². The zero-order chi connectivity index (χ0) is 8.65. The van der Waals surface area contributed by atoms with Gasteiger partial charge in [-0.1, -0.05) is 30.9 Å². The molecule has 0 aliphatic heterocycles. The lowest BCUT2D eigenvalue weighted by molar-refractivity contribution is 0.715. The van der Waals surface area contributed by atoms with E-state index in [2.05, 4.69) is 30.9 Å². The Balaban J connectivity index is 2.41. The molecule has 0 saturated heterocycles. The predicted octanol–water partition coefficient (Wildman–Crippen LogP) is 3.46. The topological polar surface area (TPSA) is 0 Å². The summed E-state index contributed by atoms with van der Waals surface area (Å²) in [6, 6.07) is 0. The zero-order valence-corrected chi connectivity index (χ0v) is 7.77. The summed E-state index contributed by atoms with van der Waals surface area (Å²) in [5, 5.41) is 0. The zero-order valence-electron chi connectivity index (χ0n) is 7.77. The summed E-state index contributed by atoms with van der Waals surface area (Å²) in [6.07, 6.45) is 12.5. The fourth-order valence-corrected chi connectivity index (χ4v) is 1.26. The summed E-state index contributed by atoms with van der Waals surface area (Å²) >= 11 is 0. The Morgan fingerprint density at radius 2 is 2.42 bits per heavy atom. The molecule has 64 valence electrons. The highest BCUT2D eigenvalue weighted by atomic mass is 14.0. The van der Waals surface area contributed by atoms with Crippen LogP contribution in [0.5, 0.6) is 0 Å². The SMILES string of the molecule is CC/C=C/C#CC1=CCCCC1. The van der Waals surface area contributed by atoms with E-state index in [0.29, 0.717) is 0 Å². The van der Waals surface area contributed by atoms with Crippen LogP contribution in [0.25, 0.3) is 0 Å². The van der Waals surface area contributed by atoms with Crippen molar-refractivity contribution in [3.8, 4) is 11.8 Å². The van der Waals surface area contributed by atoms with Crippen LogP contribution >= 0.6 is 0 Å². The monoisotopic (exact) mass is 160 g/mol. The smallest absolute Gasteiger partial charge is 0.00160 e. The lowest BCUT2D eigenvalue weighted by Gasteiger charge is -2.05. The van der Waals surface area contributed by atoms with E-state index in [4.69, 9.17) is 0 Å². The van der Waals surface area contributed by atoms with E-state index in [9.17, 15) is 0 Å². The van der Waals surface area contributed by atoms with Gasteiger partial charge in [-0.15, -0.1) is 0 Å². The van der Waals surface area contributed by atoms with Crippen molar-refractivity contribution >= 4 is 0 Å². The summed E-state index contributed by atoms with van der Waals surface area (Å²) in [6.45, 7) is 2.12. The van der Waals surface area contributed by atoms with Gasteiger partial charge in [-0.2, -0.15) is 0 Å². The number of hydrogen-bond acceptors (Lipinski definition) is 0. The van der Waals surface area contributed by atoms with Crippen LogP contribution in [0.1, 0.15) is 39.0 Å². The summed E-state index contributed by atoms with van der Waals surface area (Å²) in [5.41, 5.74) is 1.34. The third kappa shape index (κ3) is 3.44. The van der Waals surface area contributed by atoms with Crippen molar-refractivity contribution in [1.82, 2.24) is 0 Å². The molecule has 0 aromatic heterocycles. The normalized spacial score (nSPS) is 16.9. The van der Waals surface area contributed by atoms with Gasteiger partial charge in [0.05, 0.1) is 0 Å². The standard InChI is InChI=1S/C12H16/c1-2-3-4-6-9-12-10-7-5-8-11-12/h3-4,10H,2,5,7-8,11H2,1H3/b4-3+. The van der Waals surface area contributed by atoms with Crippen LogP contribution < -0.4 is 0 Å². The molecular weight excluding hydrogens is 144 g/mol. The number of rotatable bonds is 1. The van der Waals surface area contributed by atoms with Crippen molar-refractivity contribution in [2.24, 2.45) is 0 Å². The van der Waals surface area contributed by atoms with E-state index in [1.54, 1.807) is 0 Å². The number of hydrogen-bond donors (Lipinski definition) is 0. The summed E-state index contributed by atoms with van der Waals surface area (Å²) in [7, 11) is 0. The predicted molar refractivity (Wildman–Crippen MR) is 53.8 cm³/mol. The second-order valence-corrected chi connectivity index (χ2v) is 3.06. The van der Waals surface area contributed by atoms with Crippen LogP contribution in [0.4, 0.5) is 0 Å². The van der Waals surface area contributed by atoms with E-state index in [1.807, 2.05) is 6.08 Å². The molecule has 0 bridgehead atoms. The molecule has 1 rings (SSSR count). The quantitative estimate of drug-likeness (QED) is 0.515. The molecule has 0 atom stereocenters. The Hall–Kier alpha value is -0.960. The third-order valence-corrected chi connectivity index (χ3v) is 1.96. The van der Waals surface area contributed by atoms with E-state index < -0.39 is 0 Å². The average molecular weight is 160 g/mol. The Kier molecular flexibility index (Phi) is 4.31. The fourth-order valence-electron chi connectivity index (χ4n) is 1.26. The average Bonchev–Trinajstić information content (AvgIpc) is 2.14. The molecule has 0 radical (unpaired) electrons. The summed E-state index contributed by atoms with van der Waals surface area (Å²) < 4.78 is 0. The first-order chi connectivity index (χ1) is 5.93. The first-order valence-electron chi connectivity index (χ1n) is 4.79. The molecule has 0 N–H and O–H groups in total. The molecule has 0 saturated carbocycles. The summed E-state index contributed by atoms with van der Waals surface area (Å²) in [4.78, 5) is 0. The van der Waals surface area contributed by atoms with Gasteiger partial charge in [0.15, 0.2) is 0 Å². The van der Waals surface area contributed by atoms with Gasteiger partial charge in [0.2, 0.25) is 0 Å². The van der Waals surface area contributed by atoms with Gasteiger partial charge in [-0.3, -0.25) is 0 Å². The van der Waals surface area contributed by atoms with Crippen LogP contribution in [-0.2, 0) is 0 Å². The Labute approximate surface area is 75.4 Å². The molecule has 0 aromatic rings. The van der Waals surface area contributed by atoms with Crippen molar-refractivity contribution in [3.05, 3.63) is 23.8 Å². The Morgan fingerprint density at radius 3 is 3.08 bits per heavy atom. The highest BCUT2D eigenvalue weighted by Crippen LogP contribution is 2.15. The largest absolute Gasteiger partial charge is 0.0764 e. The molecule has 1 aliphatic carbocycles. The molecular formula is C12H16. The molecule has 0 aromatic carbocycles. The maximum absolute atomic E-state index is 3.18. The third-order valence-electron chi connectivity index (χ3n) is 1.96. The van der Waals surface area contributed by atoms with Gasteiger partial charge in [-0.05, 0) is 43.8 Å². The lowest BCUT2D eigenvalue weighted by atomic mass is 10.0. The van der Waals surface area contributed by atoms with E-state index in [0.717, 1.165) is 6.42 Å². The molecule has 12 heavy (non-hydrogen) atoms. The maximum atomic E-state index is 3.18. The van der Waals surface area contributed by atoms with Gasteiger partial charge in [-0.25, -0.2) is 0 Å². The van der Waals surface area contributed by atoms with Gasteiger partial charge >= 0.3 is 0 Å². The van der Waals surface area contributed by atoms with Crippen molar-refractivity contribution in [2.75, 3.05) is 0 Å². The molecule has 0 heterocycles. The fraction of sp³-hybridized carbons (Fsp3) is 0.500. The lowest BCUT2D eigenvalue weighted by Crippen LogP contribution is -1.87. The van der Waals surface area contributed by atoms with Crippen LogP contribution in [0.15, 0.2) is 23.8 Å².